The van der Waals surface area contributed by atoms with Crippen molar-refractivity contribution in [3.05, 3.63) is 24.3 Å². The van der Waals surface area contributed by atoms with Crippen LogP contribution in [0.5, 0.6) is 0 Å². The summed E-state index contributed by atoms with van der Waals surface area (Å²) in [5.74, 6) is 0. The Balaban J connectivity index is 2.28. The van der Waals surface area contributed by atoms with Crippen molar-refractivity contribution in [2.24, 2.45) is 5.14 Å². The average Bonchev–Trinajstić information content (AvgIpc) is 2.29. The molecule has 0 aromatic heterocycles. The molecule has 1 fully saturated rings. The molecule has 6 heteroatoms. The van der Waals surface area contributed by atoms with E-state index in [0.717, 1.165) is 18.8 Å². The summed E-state index contributed by atoms with van der Waals surface area (Å²) in [6.45, 7) is 2.88. The van der Waals surface area contributed by atoms with Crippen LogP contribution in [-0.2, 0) is 14.8 Å². The van der Waals surface area contributed by atoms with E-state index in [0.29, 0.717) is 13.2 Å². The molecule has 0 unspecified atom stereocenters. The molecule has 0 bridgehead atoms. The molecule has 0 saturated carbocycles. The van der Waals surface area contributed by atoms with E-state index in [1.165, 1.54) is 6.07 Å². The van der Waals surface area contributed by atoms with E-state index >= 15 is 0 Å². The van der Waals surface area contributed by atoms with Crippen molar-refractivity contribution in [1.29, 1.82) is 0 Å². The Kier molecular flexibility index (Phi) is 3.13. The molecule has 0 amide bonds. The summed E-state index contributed by atoms with van der Waals surface area (Å²) in [4.78, 5) is 2.23. The zero-order chi connectivity index (χ0) is 11.6. The molecule has 1 aromatic rings. The van der Waals surface area contributed by atoms with Crippen LogP contribution >= 0.6 is 0 Å². The summed E-state index contributed by atoms with van der Waals surface area (Å²) in [7, 11) is -3.62. The van der Waals surface area contributed by atoms with Crippen LogP contribution in [0.2, 0.25) is 0 Å². The fourth-order valence-corrected chi connectivity index (χ4v) is 2.23. The molecule has 0 atom stereocenters. The predicted molar refractivity (Wildman–Crippen MR) is 60.8 cm³/mol. The van der Waals surface area contributed by atoms with Gasteiger partial charge in [-0.3, -0.25) is 0 Å². The van der Waals surface area contributed by atoms with Crippen LogP contribution < -0.4 is 10.0 Å². The zero-order valence-electron chi connectivity index (χ0n) is 8.80. The van der Waals surface area contributed by atoms with Gasteiger partial charge in [-0.05, 0) is 18.2 Å². The lowest BCUT2D eigenvalue weighted by Gasteiger charge is -2.29. The highest BCUT2D eigenvalue weighted by Crippen LogP contribution is 2.19. The second-order valence-corrected chi connectivity index (χ2v) is 5.20. The molecule has 5 nitrogen and oxygen atoms in total. The standard InChI is InChI=1S/C10H14N2O3S/c11-16(13,14)10-3-1-2-9(8-10)12-4-6-15-7-5-12/h1-3,8H,4-7H2,(H2,11,13,14). The van der Waals surface area contributed by atoms with Gasteiger partial charge in [0.1, 0.15) is 0 Å². The Labute approximate surface area is 94.9 Å². The van der Waals surface area contributed by atoms with Gasteiger partial charge in [-0.25, -0.2) is 13.6 Å². The Morgan fingerprint density at radius 1 is 1.25 bits per heavy atom. The molecule has 1 aromatic carbocycles. The zero-order valence-corrected chi connectivity index (χ0v) is 9.61. The Hall–Kier alpha value is -1.11. The van der Waals surface area contributed by atoms with Crippen LogP contribution in [-0.4, -0.2) is 34.7 Å². The fourth-order valence-electron chi connectivity index (χ4n) is 1.68. The number of benzene rings is 1. The average molecular weight is 242 g/mol. The minimum absolute atomic E-state index is 0.150. The van der Waals surface area contributed by atoms with Crippen molar-refractivity contribution < 1.29 is 13.2 Å². The van der Waals surface area contributed by atoms with Gasteiger partial charge >= 0.3 is 0 Å². The summed E-state index contributed by atoms with van der Waals surface area (Å²) in [6, 6.07) is 6.67. The maximum Gasteiger partial charge on any atom is 0.238 e. The molecule has 1 saturated heterocycles. The number of morpholine rings is 1. The van der Waals surface area contributed by atoms with Crippen LogP contribution in [0.4, 0.5) is 5.69 Å². The normalized spacial score (nSPS) is 17.4. The Morgan fingerprint density at radius 3 is 2.56 bits per heavy atom. The quantitative estimate of drug-likeness (QED) is 0.802. The number of primary sulfonamides is 1. The van der Waals surface area contributed by atoms with Crippen molar-refractivity contribution in [1.82, 2.24) is 0 Å². The van der Waals surface area contributed by atoms with Crippen LogP contribution in [0.1, 0.15) is 0 Å². The third kappa shape index (κ3) is 2.52. The van der Waals surface area contributed by atoms with Gasteiger partial charge in [-0.2, -0.15) is 0 Å². The summed E-state index contributed by atoms with van der Waals surface area (Å²) >= 11 is 0. The first-order chi connectivity index (χ1) is 7.57. The number of sulfonamides is 1. The van der Waals surface area contributed by atoms with Gasteiger partial charge in [-0.15, -0.1) is 0 Å². The SMILES string of the molecule is NS(=O)(=O)c1cccc(N2CCOCC2)c1. The van der Waals surface area contributed by atoms with E-state index in [1.807, 2.05) is 6.07 Å². The van der Waals surface area contributed by atoms with E-state index in [1.54, 1.807) is 12.1 Å². The summed E-state index contributed by atoms with van der Waals surface area (Å²) < 4.78 is 27.6. The van der Waals surface area contributed by atoms with Gasteiger partial charge in [0.05, 0.1) is 18.1 Å². The molecular weight excluding hydrogens is 228 g/mol. The minimum atomic E-state index is -3.62. The molecule has 1 aliphatic rings. The lowest BCUT2D eigenvalue weighted by Crippen LogP contribution is -2.36. The molecule has 2 N–H and O–H groups in total. The number of nitrogens with two attached hydrogens (primary N) is 1. The Bertz CT molecular complexity index is 467. The minimum Gasteiger partial charge on any atom is -0.378 e. The van der Waals surface area contributed by atoms with Crippen molar-refractivity contribution in [3.8, 4) is 0 Å². The van der Waals surface area contributed by atoms with Gasteiger partial charge in [0.15, 0.2) is 0 Å². The lowest BCUT2D eigenvalue weighted by atomic mass is 10.2. The topological polar surface area (TPSA) is 72.6 Å². The first-order valence-electron chi connectivity index (χ1n) is 5.03. The predicted octanol–water partition coefficient (Wildman–Crippen LogP) is 0.171. The molecule has 0 radical (unpaired) electrons. The van der Waals surface area contributed by atoms with Gasteiger partial charge in [0, 0.05) is 18.8 Å². The number of anilines is 1. The monoisotopic (exact) mass is 242 g/mol. The molecule has 2 rings (SSSR count). The first kappa shape index (κ1) is 11.4. The Morgan fingerprint density at radius 2 is 1.94 bits per heavy atom. The van der Waals surface area contributed by atoms with E-state index in [9.17, 15) is 8.42 Å². The largest absolute Gasteiger partial charge is 0.378 e. The highest BCUT2D eigenvalue weighted by atomic mass is 32.2. The van der Waals surface area contributed by atoms with Crippen LogP contribution in [0.3, 0.4) is 0 Å². The molecule has 88 valence electrons. The van der Waals surface area contributed by atoms with Gasteiger partial charge < -0.3 is 9.64 Å². The van der Waals surface area contributed by atoms with Crippen molar-refractivity contribution >= 4 is 15.7 Å². The van der Waals surface area contributed by atoms with Gasteiger partial charge in [0.2, 0.25) is 10.0 Å². The molecule has 0 aliphatic carbocycles. The van der Waals surface area contributed by atoms with Gasteiger partial charge in [0.25, 0.3) is 0 Å². The first-order valence-corrected chi connectivity index (χ1v) is 6.57. The lowest BCUT2D eigenvalue weighted by molar-refractivity contribution is 0.122. The maximum absolute atomic E-state index is 11.2. The second-order valence-electron chi connectivity index (χ2n) is 3.64. The molecule has 0 spiro atoms. The smallest absolute Gasteiger partial charge is 0.238 e. The van der Waals surface area contributed by atoms with Gasteiger partial charge in [-0.1, -0.05) is 6.07 Å². The highest BCUT2D eigenvalue weighted by molar-refractivity contribution is 7.89. The van der Waals surface area contributed by atoms with Crippen molar-refractivity contribution in [3.63, 3.8) is 0 Å². The number of ether oxygens (including phenoxy) is 1. The molecule has 1 heterocycles. The highest BCUT2D eigenvalue weighted by Gasteiger charge is 2.14. The van der Waals surface area contributed by atoms with Crippen LogP contribution in [0, 0.1) is 0 Å². The number of hydrogen-bond acceptors (Lipinski definition) is 4. The van der Waals surface area contributed by atoms with E-state index < -0.39 is 10.0 Å². The third-order valence-electron chi connectivity index (χ3n) is 2.52. The number of rotatable bonds is 2. The third-order valence-corrected chi connectivity index (χ3v) is 3.43. The summed E-state index contributed by atoms with van der Waals surface area (Å²) in [5.41, 5.74) is 0.870. The molecule has 16 heavy (non-hydrogen) atoms. The van der Waals surface area contributed by atoms with E-state index in [-0.39, 0.29) is 4.90 Å². The van der Waals surface area contributed by atoms with Crippen molar-refractivity contribution in [2.45, 2.75) is 4.90 Å². The van der Waals surface area contributed by atoms with E-state index in [4.69, 9.17) is 9.88 Å². The van der Waals surface area contributed by atoms with Crippen LogP contribution in [0.15, 0.2) is 29.2 Å². The fraction of sp³-hybridized carbons (Fsp3) is 0.400. The van der Waals surface area contributed by atoms with E-state index in [2.05, 4.69) is 4.90 Å². The van der Waals surface area contributed by atoms with Crippen LogP contribution in [0.25, 0.3) is 0 Å². The maximum atomic E-state index is 11.2. The summed E-state index contributed by atoms with van der Waals surface area (Å²) in [6.07, 6.45) is 0. The van der Waals surface area contributed by atoms with Crippen molar-refractivity contribution in [2.75, 3.05) is 31.2 Å². The number of hydrogen-bond donors (Lipinski definition) is 1. The number of nitrogens with zero attached hydrogens (tertiary/aromatic N) is 1. The molecular formula is C10H14N2O3S. The summed E-state index contributed by atoms with van der Waals surface area (Å²) in [5, 5.41) is 5.08. The molecule has 1 aliphatic heterocycles. The second kappa shape index (κ2) is 4.40.